The maximum absolute atomic E-state index is 5.97. The first-order valence-electron chi connectivity index (χ1n) is 7.05. The number of aryl methyl sites for hydroxylation is 1. The lowest BCUT2D eigenvalue weighted by Crippen LogP contribution is -1.90. The van der Waals surface area contributed by atoms with Crippen LogP contribution in [0.5, 0.6) is 5.75 Å². The van der Waals surface area contributed by atoms with Crippen molar-refractivity contribution in [3.8, 4) is 16.9 Å². The van der Waals surface area contributed by atoms with Gasteiger partial charge in [-0.1, -0.05) is 60.7 Å². The number of benzene rings is 2. The van der Waals surface area contributed by atoms with Crippen LogP contribution in [0.3, 0.4) is 0 Å². The third-order valence-corrected chi connectivity index (χ3v) is 3.58. The molecular weight excluding hydrogens is 260 g/mol. The molecule has 0 unspecified atom stereocenters. The van der Waals surface area contributed by atoms with Crippen molar-refractivity contribution in [3.05, 3.63) is 77.7 Å². The SMILES string of the molecule is COc1c(C)oc(Cc2ccccc2)c1-c1ccccc1. The van der Waals surface area contributed by atoms with E-state index < -0.39 is 0 Å². The molecule has 0 bridgehead atoms. The summed E-state index contributed by atoms with van der Waals surface area (Å²) in [5.41, 5.74) is 3.41. The van der Waals surface area contributed by atoms with Gasteiger partial charge >= 0.3 is 0 Å². The first kappa shape index (κ1) is 13.5. The Morgan fingerprint density at radius 1 is 0.905 bits per heavy atom. The fourth-order valence-electron chi connectivity index (χ4n) is 2.63. The highest BCUT2D eigenvalue weighted by molar-refractivity contribution is 5.74. The fraction of sp³-hybridized carbons (Fsp3) is 0.158. The summed E-state index contributed by atoms with van der Waals surface area (Å²) in [6, 6.07) is 20.6. The Hall–Kier alpha value is -2.48. The topological polar surface area (TPSA) is 22.4 Å². The van der Waals surface area contributed by atoms with Crippen molar-refractivity contribution >= 4 is 0 Å². The van der Waals surface area contributed by atoms with Crippen LogP contribution in [-0.4, -0.2) is 7.11 Å². The molecule has 1 heterocycles. The lowest BCUT2D eigenvalue weighted by atomic mass is 10.0. The van der Waals surface area contributed by atoms with Crippen molar-refractivity contribution in [2.45, 2.75) is 13.3 Å². The Balaban J connectivity index is 2.09. The molecule has 0 saturated carbocycles. The van der Waals surface area contributed by atoms with Gasteiger partial charge in [-0.25, -0.2) is 0 Å². The molecule has 0 atom stereocenters. The van der Waals surface area contributed by atoms with E-state index in [0.717, 1.165) is 34.8 Å². The molecule has 0 aliphatic heterocycles. The highest BCUT2D eigenvalue weighted by Crippen LogP contribution is 2.39. The number of hydrogen-bond acceptors (Lipinski definition) is 2. The van der Waals surface area contributed by atoms with Crippen LogP contribution < -0.4 is 4.74 Å². The van der Waals surface area contributed by atoms with E-state index in [-0.39, 0.29) is 0 Å². The van der Waals surface area contributed by atoms with Gasteiger partial charge in [0.25, 0.3) is 0 Å². The second-order valence-corrected chi connectivity index (χ2v) is 5.02. The molecule has 3 rings (SSSR count). The zero-order valence-corrected chi connectivity index (χ0v) is 12.3. The van der Waals surface area contributed by atoms with Crippen molar-refractivity contribution < 1.29 is 9.15 Å². The van der Waals surface area contributed by atoms with Crippen LogP contribution in [-0.2, 0) is 6.42 Å². The Kier molecular flexibility index (Phi) is 3.78. The van der Waals surface area contributed by atoms with Gasteiger partial charge in [0.2, 0.25) is 0 Å². The summed E-state index contributed by atoms with van der Waals surface area (Å²) in [6.07, 6.45) is 0.759. The zero-order valence-electron chi connectivity index (χ0n) is 12.3. The van der Waals surface area contributed by atoms with Crippen molar-refractivity contribution in [2.75, 3.05) is 7.11 Å². The summed E-state index contributed by atoms with van der Waals surface area (Å²) in [5, 5.41) is 0. The lowest BCUT2D eigenvalue weighted by Gasteiger charge is -2.06. The van der Waals surface area contributed by atoms with Gasteiger partial charge in [-0.05, 0) is 18.1 Å². The normalized spacial score (nSPS) is 10.6. The highest BCUT2D eigenvalue weighted by Gasteiger charge is 2.20. The number of hydrogen-bond donors (Lipinski definition) is 0. The van der Waals surface area contributed by atoms with Crippen LogP contribution in [0, 0.1) is 6.92 Å². The third kappa shape index (κ3) is 2.70. The lowest BCUT2D eigenvalue weighted by molar-refractivity contribution is 0.395. The highest BCUT2D eigenvalue weighted by atomic mass is 16.5. The zero-order chi connectivity index (χ0) is 14.7. The maximum atomic E-state index is 5.97. The van der Waals surface area contributed by atoms with Crippen LogP contribution in [0.15, 0.2) is 65.1 Å². The molecule has 0 aliphatic carbocycles. The van der Waals surface area contributed by atoms with Crippen molar-refractivity contribution in [3.63, 3.8) is 0 Å². The minimum Gasteiger partial charge on any atom is -0.492 e. The molecule has 2 heteroatoms. The molecule has 106 valence electrons. The van der Waals surface area contributed by atoms with Gasteiger partial charge in [0.1, 0.15) is 11.5 Å². The molecule has 0 amide bonds. The molecular formula is C19H18O2. The molecule has 0 fully saturated rings. The van der Waals surface area contributed by atoms with E-state index in [9.17, 15) is 0 Å². The molecule has 21 heavy (non-hydrogen) atoms. The number of rotatable bonds is 4. The molecule has 2 aromatic carbocycles. The van der Waals surface area contributed by atoms with E-state index >= 15 is 0 Å². The van der Waals surface area contributed by atoms with Crippen LogP contribution in [0.4, 0.5) is 0 Å². The number of furan rings is 1. The van der Waals surface area contributed by atoms with Gasteiger partial charge in [0.05, 0.1) is 12.7 Å². The van der Waals surface area contributed by atoms with Gasteiger partial charge < -0.3 is 9.15 Å². The second kappa shape index (κ2) is 5.88. The largest absolute Gasteiger partial charge is 0.492 e. The van der Waals surface area contributed by atoms with E-state index in [0.29, 0.717) is 0 Å². The van der Waals surface area contributed by atoms with Crippen LogP contribution >= 0.6 is 0 Å². The van der Waals surface area contributed by atoms with Crippen molar-refractivity contribution in [2.24, 2.45) is 0 Å². The maximum Gasteiger partial charge on any atom is 0.168 e. The van der Waals surface area contributed by atoms with E-state index in [1.54, 1.807) is 7.11 Å². The van der Waals surface area contributed by atoms with Crippen molar-refractivity contribution in [1.82, 2.24) is 0 Å². The van der Waals surface area contributed by atoms with Crippen LogP contribution in [0.25, 0.3) is 11.1 Å². The van der Waals surface area contributed by atoms with E-state index in [2.05, 4.69) is 24.3 Å². The molecule has 1 aromatic heterocycles. The molecule has 0 aliphatic rings. The van der Waals surface area contributed by atoms with E-state index in [1.165, 1.54) is 5.56 Å². The quantitative estimate of drug-likeness (QED) is 0.680. The van der Waals surface area contributed by atoms with E-state index in [4.69, 9.17) is 9.15 Å². The van der Waals surface area contributed by atoms with Gasteiger partial charge in [-0.15, -0.1) is 0 Å². The summed E-state index contributed by atoms with van der Waals surface area (Å²) in [5.74, 6) is 2.59. The van der Waals surface area contributed by atoms with E-state index in [1.807, 2.05) is 43.3 Å². The monoisotopic (exact) mass is 278 g/mol. The Labute approximate surface area is 125 Å². The average molecular weight is 278 g/mol. The Morgan fingerprint density at radius 2 is 1.52 bits per heavy atom. The number of methoxy groups -OCH3 is 1. The standard InChI is InChI=1S/C19H18O2/c1-14-19(20-2)18(16-11-7-4-8-12-16)17(21-14)13-15-9-5-3-6-10-15/h3-12H,13H2,1-2H3. The summed E-state index contributed by atoms with van der Waals surface area (Å²) in [7, 11) is 1.69. The van der Waals surface area contributed by atoms with Gasteiger partial charge in [0.15, 0.2) is 5.75 Å². The first-order chi connectivity index (χ1) is 10.3. The second-order valence-electron chi connectivity index (χ2n) is 5.02. The fourth-order valence-corrected chi connectivity index (χ4v) is 2.63. The Bertz CT molecular complexity index is 712. The molecule has 0 spiro atoms. The predicted molar refractivity (Wildman–Crippen MR) is 84.7 cm³/mol. The summed E-state index contributed by atoms with van der Waals surface area (Å²) < 4.78 is 11.5. The molecule has 3 aromatic rings. The average Bonchev–Trinajstić information content (AvgIpc) is 2.84. The summed E-state index contributed by atoms with van der Waals surface area (Å²) in [6.45, 7) is 1.94. The first-order valence-corrected chi connectivity index (χ1v) is 7.05. The summed E-state index contributed by atoms with van der Waals surface area (Å²) >= 11 is 0. The molecule has 2 nitrogen and oxygen atoms in total. The minimum absolute atomic E-state index is 0.759. The predicted octanol–water partition coefficient (Wildman–Crippen LogP) is 4.85. The minimum atomic E-state index is 0.759. The molecule has 0 N–H and O–H groups in total. The van der Waals surface area contributed by atoms with Crippen molar-refractivity contribution in [1.29, 1.82) is 0 Å². The summed E-state index contributed by atoms with van der Waals surface area (Å²) in [4.78, 5) is 0. The third-order valence-electron chi connectivity index (χ3n) is 3.58. The Morgan fingerprint density at radius 3 is 2.14 bits per heavy atom. The van der Waals surface area contributed by atoms with Gasteiger partial charge in [-0.3, -0.25) is 0 Å². The number of ether oxygens (including phenoxy) is 1. The molecule has 0 radical (unpaired) electrons. The van der Waals surface area contributed by atoms with Gasteiger partial charge in [0, 0.05) is 6.42 Å². The molecule has 0 saturated heterocycles. The van der Waals surface area contributed by atoms with Gasteiger partial charge in [-0.2, -0.15) is 0 Å². The van der Waals surface area contributed by atoms with Crippen LogP contribution in [0.2, 0.25) is 0 Å². The smallest absolute Gasteiger partial charge is 0.168 e. The van der Waals surface area contributed by atoms with Crippen LogP contribution in [0.1, 0.15) is 17.1 Å².